The molecule has 5 nitrogen and oxygen atoms in total. The van der Waals surface area contributed by atoms with Gasteiger partial charge in [0.05, 0.1) is 16.7 Å². The van der Waals surface area contributed by atoms with E-state index in [0.29, 0.717) is 12.1 Å². The molecule has 1 aromatic heterocycles. The second kappa shape index (κ2) is 6.27. The number of nitrogens with zero attached hydrogens (tertiary/aromatic N) is 2. The molecule has 2 aromatic carbocycles. The van der Waals surface area contributed by atoms with E-state index in [1.54, 1.807) is 28.8 Å². The van der Waals surface area contributed by atoms with Crippen molar-refractivity contribution < 1.29 is 13.6 Å². The molecule has 0 atom stereocenters. The molecule has 0 aliphatic rings. The van der Waals surface area contributed by atoms with Gasteiger partial charge >= 0.3 is 5.69 Å². The van der Waals surface area contributed by atoms with Crippen molar-refractivity contribution in [3.05, 3.63) is 64.6 Å². The normalized spacial score (nSPS) is 11.0. The minimum atomic E-state index is -0.743. The number of imidazole rings is 1. The van der Waals surface area contributed by atoms with Gasteiger partial charge in [0, 0.05) is 12.6 Å². The lowest BCUT2D eigenvalue weighted by atomic mass is 10.3. The number of anilines is 1. The first-order valence-corrected chi connectivity index (χ1v) is 7.44. The van der Waals surface area contributed by atoms with Crippen LogP contribution in [0.5, 0.6) is 0 Å². The van der Waals surface area contributed by atoms with Gasteiger partial charge in [-0.25, -0.2) is 13.6 Å². The molecule has 124 valence electrons. The molecular weight excluding hydrogens is 316 g/mol. The Morgan fingerprint density at radius 1 is 1.08 bits per heavy atom. The highest BCUT2D eigenvalue weighted by molar-refractivity contribution is 5.91. The first-order valence-electron chi connectivity index (χ1n) is 7.44. The highest BCUT2D eigenvalue weighted by Crippen LogP contribution is 2.16. The standard InChI is InChI=1S/C17H15F2N3O2/c1-2-21-14-5-3-4-6-15(14)22(17(21)24)10-16(23)20-13-9-11(18)7-8-12(13)19/h3-9H,2,10H2,1H3,(H,20,23). The van der Waals surface area contributed by atoms with Crippen molar-refractivity contribution in [3.8, 4) is 0 Å². The number of hydrogen-bond acceptors (Lipinski definition) is 2. The van der Waals surface area contributed by atoms with Gasteiger partial charge in [0.1, 0.15) is 18.2 Å². The third-order valence-corrected chi connectivity index (χ3v) is 3.75. The summed E-state index contributed by atoms with van der Waals surface area (Å²) in [6.45, 7) is 2.01. The number of carbonyl (C=O) groups excluding carboxylic acids is 1. The number of aromatic nitrogens is 2. The fourth-order valence-corrected chi connectivity index (χ4v) is 2.66. The van der Waals surface area contributed by atoms with Crippen molar-refractivity contribution in [2.24, 2.45) is 0 Å². The Morgan fingerprint density at radius 2 is 1.75 bits per heavy atom. The van der Waals surface area contributed by atoms with Crippen molar-refractivity contribution >= 4 is 22.6 Å². The van der Waals surface area contributed by atoms with Crippen LogP contribution in [0.25, 0.3) is 11.0 Å². The van der Waals surface area contributed by atoms with Crippen LogP contribution in [0.1, 0.15) is 6.92 Å². The van der Waals surface area contributed by atoms with Crippen LogP contribution in [0.15, 0.2) is 47.3 Å². The van der Waals surface area contributed by atoms with Crippen molar-refractivity contribution in [3.63, 3.8) is 0 Å². The zero-order chi connectivity index (χ0) is 17.3. The summed E-state index contributed by atoms with van der Waals surface area (Å²) in [5.41, 5.74) is 0.745. The van der Waals surface area contributed by atoms with Crippen molar-refractivity contribution in [2.45, 2.75) is 20.0 Å². The predicted octanol–water partition coefficient (Wildman–Crippen LogP) is 2.74. The van der Waals surface area contributed by atoms with Gasteiger partial charge in [0.25, 0.3) is 0 Å². The van der Waals surface area contributed by atoms with Gasteiger partial charge in [-0.15, -0.1) is 0 Å². The summed E-state index contributed by atoms with van der Waals surface area (Å²) in [7, 11) is 0. The Morgan fingerprint density at radius 3 is 2.42 bits per heavy atom. The molecule has 3 aromatic rings. The minimum Gasteiger partial charge on any atom is -0.322 e. The fourth-order valence-electron chi connectivity index (χ4n) is 2.66. The van der Waals surface area contributed by atoms with Crippen LogP contribution in [0.4, 0.5) is 14.5 Å². The highest BCUT2D eigenvalue weighted by atomic mass is 19.1. The van der Waals surface area contributed by atoms with E-state index >= 15 is 0 Å². The number of para-hydroxylation sites is 2. The van der Waals surface area contributed by atoms with Crippen LogP contribution in [-0.2, 0) is 17.9 Å². The van der Waals surface area contributed by atoms with Gasteiger partial charge in [0.2, 0.25) is 5.91 Å². The van der Waals surface area contributed by atoms with E-state index in [1.807, 2.05) is 6.92 Å². The molecule has 0 saturated carbocycles. The van der Waals surface area contributed by atoms with E-state index in [4.69, 9.17) is 0 Å². The molecule has 1 amide bonds. The molecule has 3 rings (SSSR count). The Balaban J connectivity index is 1.93. The molecule has 1 N–H and O–H groups in total. The van der Waals surface area contributed by atoms with Crippen molar-refractivity contribution in [1.82, 2.24) is 9.13 Å². The van der Waals surface area contributed by atoms with E-state index in [9.17, 15) is 18.4 Å². The van der Waals surface area contributed by atoms with Crippen molar-refractivity contribution in [1.29, 1.82) is 0 Å². The Bertz CT molecular complexity index is 976. The zero-order valence-electron chi connectivity index (χ0n) is 12.9. The van der Waals surface area contributed by atoms with E-state index in [1.165, 1.54) is 4.57 Å². The van der Waals surface area contributed by atoms with Crippen LogP contribution < -0.4 is 11.0 Å². The zero-order valence-corrected chi connectivity index (χ0v) is 12.9. The second-order valence-corrected chi connectivity index (χ2v) is 5.27. The summed E-state index contributed by atoms with van der Waals surface area (Å²) in [6, 6.07) is 9.89. The Kier molecular flexibility index (Phi) is 4.16. The number of halogens is 2. The summed E-state index contributed by atoms with van der Waals surface area (Å²) in [6.07, 6.45) is 0. The lowest BCUT2D eigenvalue weighted by Crippen LogP contribution is -2.29. The third kappa shape index (κ3) is 2.80. The molecule has 0 radical (unpaired) electrons. The molecule has 0 fully saturated rings. The van der Waals surface area contributed by atoms with Gasteiger partial charge < -0.3 is 5.32 Å². The molecule has 0 aliphatic heterocycles. The summed E-state index contributed by atoms with van der Waals surface area (Å²) in [5, 5.41) is 2.30. The summed E-state index contributed by atoms with van der Waals surface area (Å²) >= 11 is 0. The Labute approximate surface area is 136 Å². The second-order valence-electron chi connectivity index (χ2n) is 5.27. The van der Waals surface area contributed by atoms with Crippen LogP contribution >= 0.6 is 0 Å². The SMILES string of the molecule is CCn1c(=O)n(CC(=O)Nc2cc(F)ccc2F)c2ccccc21. The number of aryl methyl sites for hydroxylation is 1. The molecule has 0 bridgehead atoms. The quantitative estimate of drug-likeness (QED) is 0.799. The molecular formula is C17H15F2N3O2. The number of amides is 1. The number of carbonyl (C=O) groups is 1. The number of fused-ring (bicyclic) bond motifs is 1. The van der Waals surface area contributed by atoms with Crippen molar-refractivity contribution in [2.75, 3.05) is 5.32 Å². The maximum absolute atomic E-state index is 13.6. The molecule has 0 saturated heterocycles. The average molecular weight is 331 g/mol. The van der Waals surface area contributed by atoms with Crippen LogP contribution in [0.2, 0.25) is 0 Å². The maximum Gasteiger partial charge on any atom is 0.329 e. The van der Waals surface area contributed by atoms with Gasteiger partial charge in [-0.3, -0.25) is 13.9 Å². The monoisotopic (exact) mass is 331 g/mol. The molecule has 7 heteroatoms. The number of nitrogens with one attached hydrogen (secondary N) is 1. The average Bonchev–Trinajstić information content (AvgIpc) is 2.83. The van der Waals surface area contributed by atoms with Gasteiger partial charge in [-0.05, 0) is 31.2 Å². The van der Waals surface area contributed by atoms with E-state index in [-0.39, 0.29) is 17.9 Å². The van der Waals surface area contributed by atoms with E-state index < -0.39 is 17.5 Å². The molecule has 0 unspecified atom stereocenters. The van der Waals surface area contributed by atoms with Crippen LogP contribution in [0.3, 0.4) is 0 Å². The predicted molar refractivity (Wildman–Crippen MR) is 86.9 cm³/mol. The summed E-state index contributed by atoms with van der Waals surface area (Å²) < 4.78 is 29.6. The molecule has 0 aliphatic carbocycles. The molecule has 1 heterocycles. The van der Waals surface area contributed by atoms with Gasteiger partial charge in [-0.2, -0.15) is 0 Å². The smallest absolute Gasteiger partial charge is 0.322 e. The third-order valence-electron chi connectivity index (χ3n) is 3.75. The number of rotatable bonds is 4. The Hall–Kier alpha value is -2.96. The highest BCUT2D eigenvalue weighted by Gasteiger charge is 2.15. The summed E-state index contributed by atoms with van der Waals surface area (Å²) in [5.74, 6) is -2.01. The van der Waals surface area contributed by atoms with Crippen LogP contribution in [0, 0.1) is 11.6 Å². The summed E-state index contributed by atoms with van der Waals surface area (Å²) in [4.78, 5) is 24.6. The lowest BCUT2D eigenvalue weighted by molar-refractivity contribution is -0.116. The molecule has 24 heavy (non-hydrogen) atoms. The first-order chi connectivity index (χ1) is 11.5. The number of hydrogen-bond donors (Lipinski definition) is 1. The van der Waals surface area contributed by atoms with Gasteiger partial charge in [0.15, 0.2) is 0 Å². The lowest BCUT2D eigenvalue weighted by Gasteiger charge is -2.07. The fraction of sp³-hybridized carbons (Fsp3) is 0.176. The van der Waals surface area contributed by atoms with Crippen LogP contribution in [-0.4, -0.2) is 15.0 Å². The first kappa shape index (κ1) is 15.9. The van der Waals surface area contributed by atoms with E-state index in [0.717, 1.165) is 23.7 Å². The maximum atomic E-state index is 13.6. The van der Waals surface area contributed by atoms with E-state index in [2.05, 4.69) is 5.32 Å². The minimum absolute atomic E-state index is 0.257. The van der Waals surface area contributed by atoms with Gasteiger partial charge in [-0.1, -0.05) is 12.1 Å². The molecule has 0 spiro atoms. The topological polar surface area (TPSA) is 56.0 Å². The number of benzene rings is 2. The largest absolute Gasteiger partial charge is 0.329 e.